The van der Waals surface area contributed by atoms with Crippen molar-refractivity contribution in [1.29, 1.82) is 0 Å². The lowest BCUT2D eigenvalue weighted by atomic mass is 10.0. The highest BCUT2D eigenvalue weighted by Crippen LogP contribution is 2.26. The van der Waals surface area contributed by atoms with E-state index in [0.29, 0.717) is 38.0 Å². The van der Waals surface area contributed by atoms with Crippen LogP contribution >= 0.6 is 0 Å². The molecule has 0 aliphatic carbocycles. The van der Waals surface area contributed by atoms with Crippen molar-refractivity contribution in [1.82, 2.24) is 9.21 Å². The smallest absolute Gasteiger partial charge is 0.337 e. The predicted octanol–water partition coefficient (Wildman–Crippen LogP) is 2.18. The average Bonchev–Trinajstić information content (AvgIpc) is 2.84. The average molecular weight is 525 g/mol. The molecule has 2 aromatic carbocycles. The highest BCUT2D eigenvalue weighted by atomic mass is 32.2. The summed E-state index contributed by atoms with van der Waals surface area (Å²) in [6.45, 7) is 2.51. The van der Waals surface area contributed by atoms with Crippen LogP contribution in [0.4, 0.5) is 0 Å². The number of ether oxygens (including phenoxy) is 2. The van der Waals surface area contributed by atoms with Gasteiger partial charge in [0.15, 0.2) is 9.84 Å². The van der Waals surface area contributed by atoms with Crippen molar-refractivity contribution >= 4 is 25.8 Å². The Hall–Kier alpha value is -2.31. The van der Waals surface area contributed by atoms with Gasteiger partial charge in [-0.25, -0.2) is 21.6 Å². The highest BCUT2D eigenvalue weighted by Gasteiger charge is 2.34. The Kier molecular flexibility index (Phi) is 9.05. The van der Waals surface area contributed by atoms with Crippen LogP contribution in [0.1, 0.15) is 28.8 Å². The summed E-state index contributed by atoms with van der Waals surface area (Å²) in [6, 6.07) is 12.5. The first-order valence-corrected chi connectivity index (χ1v) is 14.6. The minimum absolute atomic E-state index is 0.0293. The van der Waals surface area contributed by atoms with Crippen LogP contribution in [0.2, 0.25) is 0 Å². The van der Waals surface area contributed by atoms with E-state index < -0.39 is 19.9 Å². The van der Waals surface area contributed by atoms with E-state index in [2.05, 4.69) is 4.90 Å². The van der Waals surface area contributed by atoms with Gasteiger partial charge in [-0.05, 0) is 48.7 Å². The molecule has 0 amide bonds. The topological polar surface area (TPSA) is 110 Å². The summed E-state index contributed by atoms with van der Waals surface area (Å²) in [6.07, 6.45) is 2.32. The number of carbonyl (C=O) groups is 1. The van der Waals surface area contributed by atoms with Gasteiger partial charge in [0, 0.05) is 45.6 Å². The number of benzene rings is 2. The SMILES string of the molecule is COCCN(C1CCN(Cc2ccc(C(=O)OC)cc2)CC1)S(=O)(=O)c1cccc(S(C)(=O)=O)c1. The molecule has 0 atom stereocenters. The fourth-order valence-electron chi connectivity index (χ4n) is 4.17. The summed E-state index contributed by atoms with van der Waals surface area (Å²) in [5.74, 6) is -0.378. The summed E-state index contributed by atoms with van der Waals surface area (Å²) in [5, 5.41) is 0. The second-order valence-corrected chi connectivity index (χ2v) is 12.5. The number of methoxy groups -OCH3 is 2. The molecule has 0 saturated carbocycles. The van der Waals surface area contributed by atoms with Crippen LogP contribution in [0, 0.1) is 0 Å². The Labute approximate surface area is 207 Å². The van der Waals surface area contributed by atoms with E-state index in [1.807, 2.05) is 12.1 Å². The zero-order chi connectivity index (χ0) is 25.6. The lowest BCUT2D eigenvalue weighted by Gasteiger charge is -2.37. The first-order valence-electron chi connectivity index (χ1n) is 11.3. The van der Waals surface area contributed by atoms with Crippen molar-refractivity contribution in [2.75, 3.05) is 46.7 Å². The minimum Gasteiger partial charge on any atom is -0.465 e. The van der Waals surface area contributed by atoms with Gasteiger partial charge >= 0.3 is 5.97 Å². The number of likely N-dealkylation sites (tertiary alicyclic amines) is 1. The van der Waals surface area contributed by atoms with Gasteiger partial charge in [0.05, 0.1) is 29.1 Å². The van der Waals surface area contributed by atoms with Crippen LogP contribution in [0.15, 0.2) is 58.3 Å². The molecule has 0 radical (unpaired) electrons. The molecule has 0 spiro atoms. The van der Waals surface area contributed by atoms with E-state index in [1.165, 1.54) is 42.8 Å². The highest BCUT2D eigenvalue weighted by molar-refractivity contribution is 7.91. The molecule has 0 aromatic heterocycles. The molecule has 2 aromatic rings. The number of esters is 1. The number of hydrogen-bond donors (Lipinski definition) is 0. The zero-order valence-corrected chi connectivity index (χ0v) is 21.8. The predicted molar refractivity (Wildman–Crippen MR) is 131 cm³/mol. The lowest BCUT2D eigenvalue weighted by Crippen LogP contribution is -2.48. The van der Waals surface area contributed by atoms with E-state index in [9.17, 15) is 21.6 Å². The Bertz CT molecular complexity index is 1220. The second-order valence-electron chi connectivity index (χ2n) is 8.55. The first kappa shape index (κ1) is 27.3. The van der Waals surface area contributed by atoms with Crippen LogP contribution in [0.3, 0.4) is 0 Å². The summed E-state index contributed by atoms with van der Waals surface area (Å²) < 4.78 is 62.3. The number of sulfonamides is 1. The Morgan fingerprint density at radius 3 is 2.20 bits per heavy atom. The van der Waals surface area contributed by atoms with Crippen molar-refractivity contribution < 1.29 is 31.1 Å². The molecule has 0 unspecified atom stereocenters. The maximum Gasteiger partial charge on any atom is 0.337 e. The monoisotopic (exact) mass is 524 g/mol. The third-order valence-electron chi connectivity index (χ3n) is 6.10. The van der Waals surface area contributed by atoms with E-state index in [0.717, 1.165) is 11.8 Å². The standard InChI is InChI=1S/C24H32N2O7S2/c1-32-16-15-26(35(30,31)23-6-4-5-22(17-23)34(3,28)29)21-11-13-25(14-12-21)18-19-7-9-20(10-8-19)24(27)33-2/h4-10,17,21H,11-16,18H2,1-3H3. The van der Waals surface area contributed by atoms with Gasteiger partial charge in [0.25, 0.3) is 0 Å². The van der Waals surface area contributed by atoms with E-state index >= 15 is 0 Å². The summed E-state index contributed by atoms with van der Waals surface area (Å²) >= 11 is 0. The Balaban J connectivity index is 1.71. The first-order chi connectivity index (χ1) is 16.6. The second kappa shape index (κ2) is 11.6. The molecular formula is C24H32N2O7S2. The largest absolute Gasteiger partial charge is 0.465 e. The molecule has 9 nitrogen and oxygen atoms in total. The van der Waals surface area contributed by atoms with Crippen molar-refractivity contribution in [3.63, 3.8) is 0 Å². The molecule has 0 N–H and O–H groups in total. The van der Waals surface area contributed by atoms with Crippen molar-refractivity contribution in [3.05, 3.63) is 59.7 Å². The Morgan fingerprint density at radius 2 is 1.63 bits per heavy atom. The number of carbonyl (C=O) groups excluding carboxylic acids is 1. The van der Waals surface area contributed by atoms with Gasteiger partial charge < -0.3 is 9.47 Å². The number of hydrogen-bond acceptors (Lipinski definition) is 8. The number of piperidine rings is 1. The van der Waals surface area contributed by atoms with Gasteiger partial charge in [-0.3, -0.25) is 4.90 Å². The quantitative estimate of drug-likeness (QED) is 0.435. The van der Waals surface area contributed by atoms with Gasteiger partial charge in [0.2, 0.25) is 10.0 Å². The molecule has 0 bridgehead atoms. The maximum absolute atomic E-state index is 13.5. The Morgan fingerprint density at radius 1 is 1.00 bits per heavy atom. The van der Waals surface area contributed by atoms with Crippen molar-refractivity contribution in [3.8, 4) is 0 Å². The molecule has 35 heavy (non-hydrogen) atoms. The fourth-order valence-corrected chi connectivity index (χ4v) is 6.63. The molecule has 3 rings (SSSR count). The maximum atomic E-state index is 13.5. The van der Waals surface area contributed by atoms with Gasteiger partial charge in [-0.2, -0.15) is 4.31 Å². The van der Waals surface area contributed by atoms with Crippen LogP contribution < -0.4 is 0 Å². The zero-order valence-electron chi connectivity index (χ0n) is 20.2. The third-order valence-corrected chi connectivity index (χ3v) is 9.16. The molecule has 11 heteroatoms. The van der Waals surface area contributed by atoms with E-state index in [4.69, 9.17) is 9.47 Å². The number of sulfone groups is 1. The lowest BCUT2D eigenvalue weighted by molar-refractivity contribution is 0.0600. The third kappa shape index (κ3) is 6.89. The van der Waals surface area contributed by atoms with Crippen molar-refractivity contribution in [2.45, 2.75) is 35.2 Å². The van der Waals surface area contributed by atoms with Crippen LogP contribution in [0.5, 0.6) is 0 Å². The van der Waals surface area contributed by atoms with Crippen LogP contribution in [-0.4, -0.2) is 84.8 Å². The molecule has 1 heterocycles. The molecular weight excluding hydrogens is 492 g/mol. The van der Waals surface area contributed by atoms with Crippen LogP contribution in [0.25, 0.3) is 0 Å². The molecule has 1 fully saturated rings. The molecule has 1 aliphatic heterocycles. The van der Waals surface area contributed by atoms with Crippen molar-refractivity contribution in [2.24, 2.45) is 0 Å². The van der Waals surface area contributed by atoms with E-state index in [-0.39, 0.29) is 35.0 Å². The fraction of sp³-hybridized carbons (Fsp3) is 0.458. The summed E-state index contributed by atoms with van der Waals surface area (Å²) in [7, 11) is -4.60. The molecule has 1 saturated heterocycles. The molecule has 1 aliphatic rings. The van der Waals surface area contributed by atoms with Gasteiger partial charge in [0.1, 0.15) is 0 Å². The summed E-state index contributed by atoms with van der Waals surface area (Å²) in [4.78, 5) is 13.8. The van der Waals surface area contributed by atoms with Gasteiger partial charge in [-0.15, -0.1) is 0 Å². The normalized spacial score (nSPS) is 15.9. The minimum atomic E-state index is -3.92. The molecule has 192 valence electrons. The van der Waals surface area contributed by atoms with E-state index in [1.54, 1.807) is 12.1 Å². The number of nitrogens with zero attached hydrogens (tertiary/aromatic N) is 2. The summed E-state index contributed by atoms with van der Waals surface area (Å²) in [5.41, 5.74) is 1.55. The number of rotatable bonds is 10. The van der Waals surface area contributed by atoms with Gasteiger partial charge in [-0.1, -0.05) is 18.2 Å². The van der Waals surface area contributed by atoms with Crippen LogP contribution in [-0.2, 0) is 35.9 Å².